The number of hydrogen-bond donors (Lipinski definition) is 0. The fourth-order valence-electron chi connectivity index (χ4n) is 2.31. The summed E-state index contributed by atoms with van der Waals surface area (Å²) in [7, 11) is -4.83. The van der Waals surface area contributed by atoms with Gasteiger partial charge in [0.05, 0.1) is 5.38 Å². The van der Waals surface area contributed by atoms with Gasteiger partial charge in [-0.25, -0.2) is 13.2 Å². The van der Waals surface area contributed by atoms with E-state index in [1.54, 1.807) is 6.92 Å². The van der Waals surface area contributed by atoms with E-state index in [1.165, 1.54) is 6.92 Å². The lowest BCUT2D eigenvalue weighted by atomic mass is 10.2. The Kier molecular flexibility index (Phi) is 14.8. The van der Waals surface area contributed by atoms with E-state index in [2.05, 4.69) is 6.58 Å². The molecule has 0 aromatic heterocycles. The first-order valence-corrected chi connectivity index (χ1v) is 16.0. The Labute approximate surface area is 214 Å². The minimum Gasteiger partial charge on any atom is -0.457 e. The van der Waals surface area contributed by atoms with Crippen molar-refractivity contribution in [3.05, 3.63) is 12.7 Å². The van der Waals surface area contributed by atoms with E-state index in [1.807, 2.05) is 6.92 Å². The molecule has 0 bridgehead atoms. The number of likely N-dealkylation sites (N-methyl/N-ethyl adjacent to an activating group) is 1. The van der Waals surface area contributed by atoms with E-state index in [4.69, 9.17) is 51.1 Å². The molecule has 15 heteroatoms. The van der Waals surface area contributed by atoms with E-state index in [-0.39, 0.29) is 18.9 Å². The van der Waals surface area contributed by atoms with Crippen molar-refractivity contribution in [1.29, 1.82) is 0 Å². The van der Waals surface area contributed by atoms with Gasteiger partial charge in [0.2, 0.25) is 0 Å². The first-order valence-electron chi connectivity index (χ1n) is 9.82. The second-order valence-electron chi connectivity index (χ2n) is 6.43. The number of alkyl halides is 4. The lowest BCUT2D eigenvalue weighted by Crippen LogP contribution is -2.44. The van der Waals surface area contributed by atoms with Crippen molar-refractivity contribution in [2.45, 2.75) is 55.0 Å². The van der Waals surface area contributed by atoms with Gasteiger partial charge < -0.3 is 4.74 Å². The SMILES string of the molecule is C=CCN(P(=O)(SCCC)N(CC)C(=O)C(=O)OCC(Cl)CCCC)S(=O)(=O)C(Cl)(Cl)Cl. The second-order valence-corrected chi connectivity index (χ2v) is 17.1. The van der Waals surface area contributed by atoms with Crippen LogP contribution < -0.4 is 0 Å². The molecule has 0 aliphatic carbocycles. The summed E-state index contributed by atoms with van der Waals surface area (Å²) in [6.45, 7) is 3.23. The minimum atomic E-state index is -4.83. The van der Waals surface area contributed by atoms with Gasteiger partial charge in [-0.2, -0.15) is 0 Å². The Hall–Kier alpha value is 0.330. The zero-order valence-corrected chi connectivity index (χ0v) is 23.7. The van der Waals surface area contributed by atoms with Gasteiger partial charge >= 0.3 is 21.6 Å². The molecule has 0 aliphatic rings. The molecule has 0 aromatic rings. The van der Waals surface area contributed by atoms with Crippen LogP contribution in [-0.2, 0) is 28.9 Å². The van der Waals surface area contributed by atoms with Crippen molar-refractivity contribution in [2.75, 3.05) is 25.4 Å². The number of halogens is 4. The molecule has 0 heterocycles. The number of hydrogen-bond acceptors (Lipinski definition) is 7. The minimum absolute atomic E-state index is 0.194. The fraction of sp³-hybridized carbons (Fsp3) is 0.765. The Balaban J connectivity index is 6.11. The highest BCUT2D eigenvalue weighted by molar-refractivity contribution is 8.57. The lowest BCUT2D eigenvalue weighted by Gasteiger charge is -2.37. The molecule has 0 aliphatic heterocycles. The predicted octanol–water partition coefficient (Wildman–Crippen LogP) is 5.57. The molecule has 8 nitrogen and oxygen atoms in total. The summed E-state index contributed by atoms with van der Waals surface area (Å²) in [6, 6.07) is 0. The molecule has 0 radical (unpaired) electrons. The molecular weight excluding hydrogens is 565 g/mol. The monoisotopic (exact) mass is 592 g/mol. The number of sulfonamides is 1. The van der Waals surface area contributed by atoms with Crippen LogP contribution in [0.15, 0.2) is 12.7 Å². The smallest absolute Gasteiger partial charge is 0.397 e. The van der Waals surface area contributed by atoms with Gasteiger partial charge in [0, 0.05) is 18.8 Å². The maximum atomic E-state index is 14.1. The molecule has 32 heavy (non-hydrogen) atoms. The third-order valence-corrected chi connectivity index (χ3v) is 14.4. The summed E-state index contributed by atoms with van der Waals surface area (Å²) in [5.74, 6) is -2.40. The number of carbonyl (C=O) groups excluding carboxylic acids is 2. The molecule has 0 saturated carbocycles. The van der Waals surface area contributed by atoms with Crippen molar-refractivity contribution in [1.82, 2.24) is 8.75 Å². The number of amides is 1. The average Bonchev–Trinajstić information content (AvgIpc) is 2.71. The first kappa shape index (κ1) is 32.3. The van der Waals surface area contributed by atoms with Crippen LogP contribution >= 0.6 is 64.4 Å². The summed E-state index contributed by atoms with van der Waals surface area (Å²) >= 11 is 23.7. The standard InChI is InChI=1S/C17H29Cl4N2O6PS2/c1-5-9-10-14(18)13-29-16(25)15(24)22(8-4)30(26,31-12-7-3)23(11-6-2)32(27,28)17(19,20)21/h6,14H,2,5,7-13H2,1,3-4H3. The van der Waals surface area contributed by atoms with Crippen molar-refractivity contribution < 1.29 is 27.3 Å². The van der Waals surface area contributed by atoms with Crippen molar-refractivity contribution in [3.63, 3.8) is 0 Å². The van der Waals surface area contributed by atoms with Crippen LogP contribution in [0.25, 0.3) is 0 Å². The Morgan fingerprint density at radius 3 is 2.25 bits per heavy atom. The number of unbranched alkanes of at least 4 members (excludes halogenated alkanes) is 1. The molecule has 0 aromatic carbocycles. The van der Waals surface area contributed by atoms with Crippen molar-refractivity contribution in [3.8, 4) is 0 Å². The normalized spacial score (nSPS) is 15.1. The van der Waals surface area contributed by atoms with E-state index < -0.39 is 43.6 Å². The van der Waals surface area contributed by atoms with Gasteiger partial charge in [-0.1, -0.05) is 78.9 Å². The third kappa shape index (κ3) is 8.84. The van der Waals surface area contributed by atoms with Crippen LogP contribution in [0.1, 0.15) is 46.5 Å². The highest BCUT2D eigenvalue weighted by Gasteiger charge is 2.54. The first-order chi connectivity index (χ1) is 14.7. The van der Waals surface area contributed by atoms with Gasteiger partial charge in [-0.3, -0.25) is 14.0 Å². The molecule has 0 rings (SSSR count). The largest absolute Gasteiger partial charge is 0.457 e. The van der Waals surface area contributed by atoms with E-state index in [0.29, 0.717) is 33.0 Å². The van der Waals surface area contributed by atoms with Gasteiger partial charge in [0.1, 0.15) is 6.61 Å². The molecule has 1 amide bonds. The second kappa shape index (κ2) is 14.7. The van der Waals surface area contributed by atoms with Crippen LogP contribution in [0.5, 0.6) is 0 Å². The molecule has 0 saturated heterocycles. The molecular formula is C17H29Cl4N2O6PS2. The van der Waals surface area contributed by atoms with Crippen LogP contribution in [-0.4, -0.2) is 63.0 Å². The Bertz CT molecular complexity index is 794. The predicted molar refractivity (Wildman–Crippen MR) is 134 cm³/mol. The fourth-order valence-corrected chi connectivity index (χ4v) is 11.9. The molecule has 2 atom stereocenters. The van der Waals surface area contributed by atoms with Crippen LogP contribution in [0.3, 0.4) is 0 Å². The maximum Gasteiger partial charge on any atom is 0.397 e. The molecule has 0 fully saturated rings. The van der Waals surface area contributed by atoms with E-state index in [0.717, 1.165) is 18.9 Å². The molecule has 0 N–H and O–H groups in total. The summed E-state index contributed by atoms with van der Waals surface area (Å²) in [5.41, 5.74) is 0. The van der Waals surface area contributed by atoms with Crippen LogP contribution in [0.2, 0.25) is 0 Å². The number of carbonyl (C=O) groups is 2. The Morgan fingerprint density at radius 1 is 1.22 bits per heavy atom. The zero-order valence-electron chi connectivity index (χ0n) is 18.1. The quantitative estimate of drug-likeness (QED) is 0.0852. The maximum absolute atomic E-state index is 14.1. The van der Waals surface area contributed by atoms with E-state index >= 15 is 0 Å². The summed E-state index contributed by atoms with van der Waals surface area (Å²) < 4.78 is 43.0. The highest BCUT2D eigenvalue weighted by Crippen LogP contribution is 2.67. The topological polar surface area (TPSA) is 101 Å². The number of esters is 1. The average molecular weight is 594 g/mol. The van der Waals surface area contributed by atoms with Gasteiger partial charge in [-0.05, 0) is 19.8 Å². The number of nitrogens with zero attached hydrogens (tertiary/aromatic N) is 2. The molecule has 188 valence electrons. The van der Waals surface area contributed by atoms with Crippen LogP contribution in [0, 0.1) is 0 Å². The number of rotatable bonds is 14. The van der Waals surface area contributed by atoms with Gasteiger partial charge in [-0.15, -0.1) is 22.3 Å². The number of ether oxygens (including phenoxy) is 1. The summed E-state index contributed by atoms with van der Waals surface area (Å²) in [6.07, 6.45) is 3.92. The highest BCUT2D eigenvalue weighted by atomic mass is 35.6. The van der Waals surface area contributed by atoms with Crippen molar-refractivity contribution >= 4 is 86.3 Å². The zero-order chi connectivity index (χ0) is 25.2. The van der Waals surface area contributed by atoms with Gasteiger partial charge in [0.15, 0.2) is 0 Å². The summed E-state index contributed by atoms with van der Waals surface area (Å²) in [5, 5.41) is -0.495. The van der Waals surface area contributed by atoms with Crippen molar-refractivity contribution in [2.24, 2.45) is 0 Å². The van der Waals surface area contributed by atoms with Gasteiger partial charge in [0.25, 0.3) is 10.0 Å². The molecule has 2 unspecified atom stereocenters. The lowest BCUT2D eigenvalue weighted by molar-refractivity contribution is -0.157. The molecule has 0 spiro atoms. The Morgan fingerprint density at radius 2 is 1.81 bits per heavy atom. The summed E-state index contributed by atoms with van der Waals surface area (Å²) in [4.78, 5) is 25.3. The third-order valence-electron chi connectivity index (χ3n) is 3.88. The van der Waals surface area contributed by atoms with E-state index in [9.17, 15) is 22.6 Å². The van der Waals surface area contributed by atoms with Crippen LogP contribution in [0.4, 0.5) is 0 Å².